The Kier molecular flexibility index (Phi) is 5.19. The van der Waals surface area contributed by atoms with E-state index in [1.807, 2.05) is 0 Å². The van der Waals surface area contributed by atoms with E-state index < -0.39 is 17.8 Å². The van der Waals surface area contributed by atoms with E-state index in [0.717, 1.165) is 0 Å². The molecule has 1 heterocycles. The number of aliphatic carboxylic acids is 1. The summed E-state index contributed by atoms with van der Waals surface area (Å²) in [6, 6.07) is 5.08. The van der Waals surface area contributed by atoms with Gasteiger partial charge < -0.3 is 25.2 Å². The first-order chi connectivity index (χ1) is 11.0. The number of benzene rings is 1. The van der Waals surface area contributed by atoms with Crippen LogP contribution in [0.3, 0.4) is 0 Å². The molecular formula is C15H16N2O6. The first-order valence-electron chi connectivity index (χ1n) is 6.84. The van der Waals surface area contributed by atoms with E-state index in [2.05, 4.69) is 10.6 Å². The summed E-state index contributed by atoms with van der Waals surface area (Å²) in [6.07, 6.45) is 1.27. The fraction of sp³-hybridized carbons (Fsp3) is 0.267. The number of carbonyl (C=O) groups excluding carboxylic acids is 2. The molecule has 1 aromatic rings. The van der Waals surface area contributed by atoms with Crippen LogP contribution in [0, 0.1) is 0 Å². The highest BCUT2D eigenvalue weighted by atomic mass is 16.7. The van der Waals surface area contributed by atoms with E-state index in [4.69, 9.17) is 14.6 Å². The minimum absolute atomic E-state index is 0.0155. The van der Waals surface area contributed by atoms with Crippen molar-refractivity contribution in [2.24, 2.45) is 0 Å². The van der Waals surface area contributed by atoms with Gasteiger partial charge in [-0.15, -0.1) is 0 Å². The molecule has 0 spiro atoms. The summed E-state index contributed by atoms with van der Waals surface area (Å²) in [7, 11) is 0. The molecule has 0 bridgehead atoms. The monoisotopic (exact) mass is 320 g/mol. The zero-order chi connectivity index (χ0) is 16.8. The number of rotatable bonds is 6. The van der Waals surface area contributed by atoms with Crippen molar-refractivity contribution in [3.05, 3.63) is 29.5 Å². The molecule has 0 aromatic heterocycles. The van der Waals surface area contributed by atoms with Crippen LogP contribution in [0.2, 0.25) is 0 Å². The zero-order valence-electron chi connectivity index (χ0n) is 12.4. The lowest BCUT2D eigenvalue weighted by atomic mass is 10.1. The van der Waals surface area contributed by atoms with Crippen LogP contribution in [0.4, 0.5) is 0 Å². The van der Waals surface area contributed by atoms with Gasteiger partial charge in [-0.1, -0.05) is 6.07 Å². The van der Waals surface area contributed by atoms with Crippen molar-refractivity contribution in [1.82, 2.24) is 10.6 Å². The van der Waals surface area contributed by atoms with E-state index in [1.54, 1.807) is 18.2 Å². The molecule has 8 nitrogen and oxygen atoms in total. The van der Waals surface area contributed by atoms with E-state index >= 15 is 0 Å². The van der Waals surface area contributed by atoms with Gasteiger partial charge in [0, 0.05) is 13.5 Å². The van der Waals surface area contributed by atoms with E-state index in [9.17, 15) is 14.4 Å². The van der Waals surface area contributed by atoms with Crippen LogP contribution in [0.25, 0.3) is 6.08 Å². The molecule has 1 aliphatic rings. The van der Waals surface area contributed by atoms with Crippen LogP contribution in [0.15, 0.2) is 23.9 Å². The highest BCUT2D eigenvalue weighted by molar-refractivity contribution is 6.01. The standard InChI is InChI=1S/C15H16N2O6/c1-9(18)17-11(15(21)16-5-4-14(19)20)6-10-2-3-12-13(7-10)23-8-22-12/h2-3,6-7H,4-5,8H2,1H3,(H,16,21)(H,17,18)(H,19,20)/b11-6-. The van der Waals surface area contributed by atoms with Crippen LogP contribution >= 0.6 is 0 Å². The number of amides is 2. The molecule has 0 atom stereocenters. The molecule has 0 radical (unpaired) electrons. The maximum atomic E-state index is 12.1. The van der Waals surface area contributed by atoms with Gasteiger partial charge in [0.25, 0.3) is 5.91 Å². The largest absolute Gasteiger partial charge is 0.481 e. The summed E-state index contributed by atoms with van der Waals surface area (Å²) >= 11 is 0. The highest BCUT2D eigenvalue weighted by Gasteiger charge is 2.15. The van der Waals surface area contributed by atoms with Crippen LogP contribution in [0.1, 0.15) is 18.9 Å². The highest BCUT2D eigenvalue weighted by Crippen LogP contribution is 2.32. The molecule has 122 valence electrons. The smallest absolute Gasteiger partial charge is 0.305 e. The maximum absolute atomic E-state index is 12.1. The van der Waals surface area contributed by atoms with Gasteiger partial charge in [0.05, 0.1) is 6.42 Å². The molecule has 0 unspecified atom stereocenters. The number of hydrogen-bond donors (Lipinski definition) is 3. The Morgan fingerprint density at radius 2 is 2.00 bits per heavy atom. The van der Waals surface area contributed by atoms with Crippen LogP contribution < -0.4 is 20.1 Å². The minimum Gasteiger partial charge on any atom is -0.481 e. The van der Waals surface area contributed by atoms with Gasteiger partial charge in [0.1, 0.15) is 5.70 Å². The molecule has 0 saturated carbocycles. The first-order valence-corrected chi connectivity index (χ1v) is 6.84. The summed E-state index contributed by atoms with van der Waals surface area (Å²) in [5, 5.41) is 13.4. The van der Waals surface area contributed by atoms with E-state index in [-0.39, 0.29) is 25.5 Å². The zero-order valence-corrected chi connectivity index (χ0v) is 12.4. The normalized spacial score (nSPS) is 12.7. The Labute approximate surface area is 132 Å². The molecule has 2 rings (SSSR count). The summed E-state index contributed by atoms with van der Waals surface area (Å²) in [5.74, 6) is -0.850. The topological polar surface area (TPSA) is 114 Å². The van der Waals surface area contributed by atoms with Gasteiger partial charge in [-0.2, -0.15) is 0 Å². The van der Waals surface area contributed by atoms with Crippen molar-refractivity contribution in [1.29, 1.82) is 0 Å². The second kappa shape index (κ2) is 7.30. The first kappa shape index (κ1) is 16.3. The van der Waals surface area contributed by atoms with E-state index in [0.29, 0.717) is 17.1 Å². The minimum atomic E-state index is -1.02. The van der Waals surface area contributed by atoms with Crippen molar-refractivity contribution < 1.29 is 29.0 Å². The predicted molar refractivity (Wildman–Crippen MR) is 79.6 cm³/mol. The number of carbonyl (C=O) groups is 3. The van der Waals surface area contributed by atoms with Crippen LogP contribution in [0.5, 0.6) is 11.5 Å². The Hall–Kier alpha value is -3.03. The maximum Gasteiger partial charge on any atom is 0.305 e. The van der Waals surface area contributed by atoms with Crippen molar-refractivity contribution >= 4 is 23.9 Å². The number of ether oxygens (including phenoxy) is 2. The van der Waals surface area contributed by atoms with Gasteiger partial charge in [-0.3, -0.25) is 14.4 Å². The van der Waals surface area contributed by atoms with Crippen molar-refractivity contribution in [2.45, 2.75) is 13.3 Å². The SMILES string of the molecule is CC(=O)N/C(=C\c1ccc2c(c1)OCO2)C(=O)NCCC(=O)O. The van der Waals surface area contributed by atoms with Crippen molar-refractivity contribution in [3.63, 3.8) is 0 Å². The second-order valence-corrected chi connectivity index (χ2v) is 4.75. The van der Waals surface area contributed by atoms with Crippen LogP contribution in [-0.2, 0) is 14.4 Å². The van der Waals surface area contributed by atoms with Gasteiger partial charge in [-0.05, 0) is 23.8 Å². The molecule has 0 fully saturated rings. The molecule has 23 heavy (non-hydrogen) atoms. The average molecular weight is 320 g/mol. The van der Waals surface area contributed by atoms with Gasteiger partial charge in [0.2, 0.25) is 12.7 Å². The van der Waals surface area contributed by atoms with Crippen molar-refractivity contribution in [2.75, 3.05) is 13.3 Å². The molecule has 2 amide bonds. The average Bonchev–Trinajstić information content (AvgIpc) is 2.93. The molecule has 3 N–H and O–H groups in total. The van der Waals surface area contributed by atoms with Gasteiger partial charge in [0.15, 0.2) is 11.5 Å². The predicted octanol–water partition coefficient (Wildman–Crippen LogP) is 0.483. The molecule has 0 aliphatic carbocycles. The number of nitrogens with one attached hydrogen (secondary N) is 2. The Morgan fingerprint density at radius 1 is 1.26 bits per heavy atom. The van der Waals surface area contributed by atoms with Crippen LogP contribution in [-0.4, -0.2) is 36.2 Å². The lowest BCUT2D eigenvalue weighted by molar-refractivity contribution is -0.137. The summed E-state index contributed by atoms with van der Waals surface area (Å²) < 4.78 is 10.4. The lowest BCUT2D eigenvalue weighted by Crippen LogP contribution is -2.34. The molecule has 1 aromatic carbocycles. The summed E-state index contributed by atoms with van der Waals surface area (Å²) in [6.45, 7) is 1.38. The number of carboxylic acid groups (broad SMARTS) is 1. The lowest BCUT2D eigenvalue weighted by Gasteiger charge is -2.09. The number of hydrogen-bond acceptors (Lipinski definition) is 5. The van der Waals surface area contributed by atoms with Gasteiger partial charge >= 0.3 is 5.97 Å². The fourth-order valence-corrected chi connectivity index (χ4v) is 1.90. The van der Waals surface area contributed by atoms with E-state index in [1.165, 1.54) is 13.0 Å². The quantitative estimate of drug-likeness (QED) is 0.657. The Balaban J connectivity index is 2.14. The summed E-state index contributed by atoms with van der Waals surface area (Å²) in [4.78, 5) is 33.8. The Morgan fingerprint density at radius 3 is 2.70 bits per heavy atom. The fourth-order valence-electron chi connectivity index (χ4n) is 1.90. The third-order valence-corrected chi connectivity index (χ3v) is 2.89. The number of fused-ring (bicyclic) bond motifs is 1. The second-order valence-electron chi connectivity index (χ2n) is 4.75. The Bertz CT molecular complexity index is 668. The van der Waals surface area contributed by atoms with Crippen molar-refractivity contribution in [3.8, 4) is 11.5 Å². The summed E-state index contributed by atoms with van der Waals surface area (Å²) in [5.41, 5.74) is 0.646. The third kappa shape index (κ3) is 4.73. The van der Waals surface area contributed by atoms with Gasteiger partial charge in [-0.25, -0.2) is 0 Å². The third-order valence-electron chi connectivity index (χ3n) is 2.89. The molecule has 0 saturated heterocycles. The molecule has 1 aliphatic heterocycles. The number of carboxylic acids is 1. The molecule has 8 heteroatoms. The molecular weight excluding hydrogens is 304 g/mol.